The summed E-state index contributed by atoms with van der Waals surface area (Å²) >= 11 is 6.11. The number of carbonyl (C=O) groups is 1. The fraction of sp³-hybridized carbons (Fsp3) is 0.562. The molecule has 1 saturated carbocycles. The third kappa shape index (κ3) is 4.05. The summed E-state index contributed by atoms with van der Waals surface area (Å²) in [7, 11) is -0.695. The SMILES string of the molecule is C[C@H]1CCCC[C@H]1NC(=O)c1cc(S(=O)(=O)N(C)C)ccc1Cl. The van der Waals surface area contributed by atoms with Gasteiger partial charge in [0.2, 0.25) is 10.0 Å². The third-order valence-electron chi connectivity index (χ3n) is 4.39. The van der Waals surface area contributed by atoms with E-state index in [-0.39, 0.29) is 27.4 Å². The van der Waals surface area contributed by atoms with Crippen molar-refractivity contribution in [2.24, 2.45) is 5.92 Å². The number of carbonyl (C=O) groups excluding carboxylic acids is 1. The van der Waals surface area contributed by atoms with Gasteiger partial charge in [0.25, 0.3) is 5.91 Å². The van der Waals surface area contributed by atoms with Crippen molar-refractivity contribution in [2.45, 2.75) is 43.5 Å². The molecular weight excluding hydrogens is 336 g/mol. The van der Waals surface area contributed by atoms with Crippen LogP contribution < -0.4 is 5.32 Å². The quantitative estimate of drug-likeness (QED) is 0.899. The molecule has 0 unspecified atom stereocenters. The Bertz CT molecular complexity index is 689. The minimum Gasteiger partial charge on any atom is -0.349 e. The monoisotopic (exact) mass is 358 g/mol. The molecule has 7 heteroatoms. The summed E-state index contributed by atoms with van der Waals surface area (Å²) in [5.41, 5.74) is 0.201. The van der Waals surface area contributed by atoms with Gasteiger partial charge in [-0.15, -0.1) is 0 Å². The number of benzene rings is 1. The predicted molar refractivity (Wildman–Crippen MR) is 91.2 cm³/mol. The number of nitrogens with one attached hydrogen (secondary N) is 1. The van der Waals surface area contributed by atoms with Crippen molar-refractivity contribution in [3.05, 3.63) is 28.8 Å². The second-order valence-corrected chi connectivity index (χ2v) is 8.83. The minimum atomic E-state index is -3.60. The second-order valence-electron chi connectivity index (χ2n) is 6.27. The Kier molecular flexibility index (Phi) is 5.70. The highest BCUT2D eigenvalue weighted by atomic mass is 35.5. The molecule has 2 atom stereocenters. The van der Waals surface area contributed by atoms with Crippen LogP contribution in [0.2, 0.25) is 5.02 Å². The van der Waals surface area contributed by atoms with E-state index in [9.17, 15) is 13.2 Å². The van der Waals surface area contributed by atoms with Gasteiger partial charge in [-0.1, -0.05) is 31.4 Å². The van der Waals surface area contributed by atoms with Crippen LogP contribution in [-0.2, 0) is 10.0 Å². The van der Waals surface area contributed by atoms with Gasteiger partial charge in [-0.05, 0) is 37.0 Å². The Morgan fingerprint density at radius 1 is 1.26 bits per heavy atom. The molecular formula is C16H23ClN2O3S. The van der Waals surface area contributed by atoms with Crippen molar-refractivity contribution in [1.82, 2.24) is 9.62 Å². The van der Waals surface area contributed by atoms with Gasteiger partial charge >= 0.3 is 0 Å². The van der Waals surface area contributed by atoms with E-state index in [2.05, 4.69) is 12.2 Å². The number of hydrogen-bond donors (Lipinski definition) is 1. The van der Waals surface area contributed by atoms with Crippen LogP contribution in [0.5, 0.6) is 0 Å². The first-order valence-corrected chi connectivity index (χ1v) is 9.58. The van der Waals surface area contributed by atoms with E-state index in [1.165, 1.54) is 38.7 Å². The summed E-state index contributed by atoms with van der Waals surface area (Å²) in [6, 6.07) is 4.33. The second kappa shape index (κ2) is 7.20. The molecule has 1 aromatic carbocycles. The van der Waals surface area contributed by atoms with Crippen molar-refractivity contribution >= 4 is 27.5 Å². The molecule has 23 heavy (non-hydrogen) atoms. The van der Waals surface area contributed by atoms with E-state index in [1.807, 2.05) is 0 Å². The molecule has 1 aliphatic carbocycles. The highest BCUT2D eigenvalue weighted by Gasteiger charge is 2.25. The van der Waals surface area contributed by atoms with Crippen LogP contribution >= 0.6 is 11.6 Å². The molecule has 128 valence electrons. The Morgan fingerprint density at radius 2 is 1.91 bits per heavy atom. The van der Waals surface area contributed by atoms with Crippen molar-refractivity contribution in [3.8, 4) is 0 Å². The number of halogens is 1. The molecule has 1 amide bonds. The zero-order valence-corrected chi connectivity index (χ0v) is 15.2. The number of rotatable bonds is 4. The maximum Gasteiger partial charge on any atom is 0.253 e. The van der Waals surface area contributed by atoms with Crippen LogP contribution in [-0.4, -0.2) is 38.8 Å². The minimum absolute atomic E-state index is 0.0637. The van der Waals surface area contributed by atoms with E-state index >= 15 is 0 Å². The molecule has 5 nitrogen and oxygen atoms in total. The summed E-state index contributed by atoms with van der Waals surface area (Å²) in [6.07, 6.45) is 4.32. The summed E-state index contributed by atoms with van der Waals surface area (Å²) in [4.78, 5) is 12.6. The summed E-state index contributed by atoms with van der Waals surface area (Å²) < 4.78 is 25.5. The molecule has 0 bridgehead atoms. The lowest BCUT2D eigenvalue weighted by Crippen LogP contribution is -2.41. The van der Waals surface area contributed by atoms with Gasteiger partial charge in [-0.25, -0.2) is 12.7 Å². The highest BCUT2D eigenvalue weighted by Crippen LogP contribution is 2.26. The maximum absolute atomic E-state index is 12.5. The lowest BCUT2D eigenvalue weighted by Gasteiger charge is -2.29. The van der Waals surface area contributed by atoms with Crippen LogP contribution in [0.1, 0.15) is 43.0 Å². The molecule has 1 aromatic rings. The molecule has 0 aliphatic heterocycles. The zero-order chi connectivity index (χ0) is 17.2. The highest BCUT2D eigenvalue weighted by molar-refractivity contribution is 7.89. The fourth-order valence-corrected chi connectivity index (χ4v) is 3.96. The van der Waals surface area contributed by atoms with E-state index < -0.39 is 10.0 Å². The standard InChI is InChI=1S/C16H23ClN2O3S/c1-11-6-4-5-7-15(11)18-16(20)13-10-12(8-9-14(13)17)23(21,22)19(2)3/h8-11,15H,4-7H2,1-3H3,(H,18,20)/t11-,15+/m0/s1. The average Bonchev–Trinajstić information content (AvgIpc) is 2.49. The van der Waals surface area contributed by atoms with Gasteiger partial charge in [0.15, 0.2) is 0 Å². The lowest BCUT2D eigenvalue weighted by molar-refractivity contribution is 0.0910. The summed E-state index contributed by atoms with van der Waals surface area (Å²) in [5, 5.41) is 3.26. The topological polar surface area (TPSA) is 66.5 Å². The normalized spacial score (nSPS) is 22.1. The molecule has 0 heterocycles. The molecule has 1 aliphatic rings. The molecule has 0 aromatic heterocycles. The number of amides is 1. The van der Waals surface area contributed by atoms with Crippen LogP contribution in [0.25, 0.3) is 0 Å². The summed E-state index contributed by atoms with van der Waals surface area (Å²) in [6.45, 7) is 2.12. The van der Waals surface area contributed by atoms with Crippen molar-refractivity contribution in [1.29, 1.82) is 0 Å². The van der Waals surface area contributed by atoms with Gasteiger partial charge in [0, 0.05) is 20.1 Å². The Balaban J connectivity index is 2.26. The fourth-order valence-electron chi connectivity index (χ4n) is 2.83. The maximum atomic E-state index is 12.5. The van der Waals surface area contributed by atoms with E-state index in [0.29, 0.717) is 5.92 Å². The Labute approximate surface area is 143 Å². The molecule has 0 spiro atoms. The smallest absolute Gasteiger partial charge is 0.253 e. The van der Waals surface area contributed by atoms with Gasteiger partial charge in [-0.2, -0.15) is 0 Å². The van der Waals surface area contributed by atoms with Crippen molar-refractivity contribution in [2.75, 3.05) is 14.1 Å². The zero-order valence-electron chi connectivity index (χ0n) is 13.7. The van der Waals surface area contributed by atoms with Gasteiger partial charge in [0.1, 0.15) is 0 Å². The first kappa shape index (κ1) is 18.2. The van der Waals surface area contributed by atoms with Gasteiger partial charge in [0.05, 0.1) is 15.5 Å². The van der Waals surface area contributed by atoms with E-state index in [1.54, 1.807) is 0 Å². The summed E-state index contributed by atoms with van der Waals surface area (Å²) in [5.74, 6) is 0.102. The predicted octanol–water partition coefficient (Wildman–Crippen LogP) is 2.90. The Morgan fingerprint density at radius 3 is 2.52 bits per heavy atom. The molecule has 0 saturated heterocycles. The number of hydrogen-bond acceptors (Lipinski definition) is 3. The Hall–Kier alpha value is -1.11. The first-order chi connectivity index (χ1) is 10.7. The van der Waals surface area contributed by atoms with E-state index in [4.69, 9.17) is 11.6 Å². The third-order valence-corrected chi connectivity index (χ3v) is 6.53. The van der Waals surface area contributed by atoms with Crippen molar-refractivity contribution in [3.63, 3.8) is 0 Å². The average molecular weight is 359 g/mol. The molecule has 2 rings (SSSR count). The van der Waals surface area contributed by atoms with Gasteiger partial charge < -0.3 is 5.32 Å². The van der Waals surface area contributed by atoms with Crippen LogP contribution in [0.15, 0.2) is 23.1 Å². The molecule has 0 radical (unpaired) electrons. The van der Waals surface area contributed by atoms with Crippen LogP contribution in [0.4, 0.5) is 0 Å². The van der Waals surface area contributed by atoms with Gasteiger partial charge in [-0.3, -0.25) is 4.79 Å². The first-order valence-electron chi connectivity index (χ1n) is 7.76. The number of nitrogens with zero attached hydrogens (tertiary/aromatic N) is 1. The van der Waals surface area contributed by atoms with Crippen LogP contribution in [0, 0.1) is 5.92 Å². The van der Waals surface area contributed by atoms with Crippen LogP contribution in [0.3, 0.4) is 0 Å². The largest absolute Gasteiger partial charge is 0.349 e. The number of sulfonamides is 1. The van der Waals surface area contributed by atoms with Crippen molar-refractivity contribution < 1.29 is 13.2 Å². The molecule has 1 N–H and O–H groups in total. The lowest BCUT2D eigenvalue weighted by atomic mass is 9.86. The molecule has 1 fully saturated rings. The van der Waals surface area contributed by atoms with E-state index in [0.717, 1.165) is 23.6 Å².